The van der Waals surface area contributed by atoms with Gasteiger partial charge in [-0.3, -0.25) is 9.59 Å². The van der Waals surface area contributed by atoms with Crippen LogP contribution in [0, 0.1) is 6.92 Å². The number of amides is 2. The molecule has 0 bridgehead atoms. The number of hydrogen-bond acceptors (Lipinski definition) is 5. The van der Waals surface area contributed by atoms with Crippen LogP contribution in [0.1, 0.15) is 54.7 Å². The molecule has 164 valence electrons. The van der Waals surface area contributed by atoms with Crippen LogP contribution in [0.3, 0.4) is 0 Å². The first-order chi connectivity index (χ1) is 15.0. The minimum atomic E-state index is -0.179. The van der Waals surface area contributed by atoms with E-state index in [-0.39, 0.29) is 24.3 Å². The third-order valence-electron chi connectivity index (χ3n) is 6.28. The van der Waals surface area contributed by atoms with Crippen LogP contribution in [0.25, 0.3) is 0 Å². The fraction of sp³-hybridized carbons (Fsp3) is 0.500. The number of rotatable bonds is 5. The lowest BCUT2D eigenvalue weighted by molar-refractivity contribution is -0.133. The second kappa shape index (κ2) is 9.45. The molecule has 2 aliphatic heterocycles. The third-order valence-corrected chi connectivity index (χ3v) is 6.28. The molecule has 0 aliphatic carbocycles. The lowest BCUT2D eigenvalue weighted by atomic mass is 9.94. The van der Waals surface area contributed by atoms with Crippen molar-refractivity contribution >= 4 is 17.6 Å². The van der Waals surface area contributed by atoms with Gasteiger partial charge in [0.2, 0.25) is 11.8 Å². The Morgan fingerprint density at radius 3 is 2.55 bits per heavy atom. The summed E-state index contributed by atoms with van der Waals surface area (Å²) in [6.07, 6.45) is 3.85. The van der Waals surface area contributed by atoms with Gasteiger partial charge in [0, 0.05) is 50.3 Å². The third kappa shape index (κ3) is 5.03. The van der Waals surface area contributed by atoms with Crippen LogP contribution < -0.4 is 10.2 Å². The summed E-state index contributed by atoms with van der Waals surface area (Å²) in [5.41, 5.74) is 3.65. The molecule has 2 amide bonds. The summed E-state index contributed by atoms with van der Waals surface area (Å²) in [7, 11) is 0. The Bertz CT molecular complexity index is 938. The van der Waals surface area contributed by atoms with E-state index in [1.54, 1.807) is 0 Å². The quantitative estimate of drug-likeness (QED) is 0.803. The summed E-state index contributed by atoms with van der Waals surface area (Å²) in [4.78, 5) is 37.5. The highest BCUT2D eigenvalue weighted by Crippen LogP contribution is 2.32. The molecule has 0 spiro atoms. The van der Waals surface area contributed by atoms with Crippen molar-refractivity contribution in [1.82, 2.24) is 20.2 Å². The maximum absolute atomic E-state index is 12.3. The van der Waals surface area contributed by atoms with Gasteiger partial charge in [-0.2, -0.15) is 0 Å². The number of carbonyl (C=O) groups is 2. The fourth-order valence-corrected chi connectivity index (χ4v) is 4.55. The number of fused-ring (bicyclic) bond motifs is 1. The molecule has 0 radical (unpaired) electrons. The van der Waals surface area contributed by atoms with Gasteiger partial charge in [0.25, 0.3) is 0 Å². The van der Waals surface area contributed by atoms with E-state index in [0.29, 0.717) is 13.1 Å². The van der Waals surface area contributed by atoms with Crippen molar-refractivity contribution < 1.29 is 9.59 Å². The van der Waals surface area contributed by atoms with E-state index in [1.807, 2.05) is 11.0 Å². The van der Waals surface area contributed by atoms with E-state index < -0.39 is 0 Å². The van der Waals surface area contributed by atoms with Crippen LogP contribution in [-0.2, 0) is 22.6 Å². The van der Waals surface area contributed by atoms with Gasteiger partial charge < -0.3 is 15.1 Å². The van der Waals surface area contributed by atoms with Crippen LogP contribution >= 0.6 is 0 Å². The summed E-state index contributed by atoms with van der Waals surface area (Å²) < 4.78 is 0. The highest BCUT2D eigenvalue weighted by molar-refractivity contribution is 5.83. The van der Waals surface area contributed by atoms with Gasteiger partial charge in [0.1, 0.15) is 11.6 Å². The van der Waals surface area contributed by atoms with Gasteiger partial charge in [-0.05, 0) is 38.2 Å². The second-order valence-electron chi connectivity index (χ2n) is 8.54. The van der Waals surface area contributed by atoms with Gasteiger partial charge >= 0.3 is 0 Å². The number of aryl methyl sites for hydroxylation is 1. The average Bonchev–Trinajstić information content (AvgIpc) is 2.78. The minimum absolute atomic E-state index is 0.0229. The van der Waals surface area contributed by atoms with Crippen LogP contribution in [0.5, 0.6) is 0 Å². The standard InChI is InChI=1S/C24H31N5O2/c1-17-21-9-6-12-29(16-19-7-4-3-5-8-19)24(21)27-23(26-17)20-10-13-28(14-11-20)22(31)15-25-18(2)30/h3-5,7-8,20H,6,9-16H2,1-2H3,(H,25,30). The fourth-order valence-electron chi connectivity index (χ4n) is 4.55. The number of piperidine rings is 1. The van der Waals surface area contributed by atoms with Crippen molar-refractivity contribution in [3.63, 3.8) is 0 Å². The Morgan fingerprint density at radius 2 is 1.84 bits per heavy atom. The largest absolute Gasteiger partial charge is 0.352 e. The molecule has 7 nitrogen and oxygen atoms in total. The predicted molar refractivity (Wildman–Crippen MR) is 120 cm³/mol. The summed E-state index contributed by atoms with van der Waals surface area (Å²) >= 11 is 0. The predicted octanol–water partition coefficient (Wildman–Crippen LogP) is 2.58. The normalized spacial score (nSPS) is 16.7. The monoisotopic (exact) mass is 421 g/mol. The second-order valence-corrected chi connectivity index (χ2v) is 8.54. The van der Waals surface area contributed by atoms with Crippen LogP contribution in [0.4, 0.5) is 5.82 Å². The van der Waals surface area contributed by atoms with Gasteiger partial charge in [0.05, 0.1) is 6.54 Å². The molecule has 1 aromatic heterocycles. The molecule has 4 rings (SSSR count). The number of carbonyl (C=O) groups excluding carboxylic acids is 2. The van der Waals surface area contributed by atoms with E-state index >= 15 is 0 Å². The summed E-state index contributed by atoms with van der Waals surface area (Å²) in [6, 6.07) is 10.5. The van der Waals surface area contributed by atoms with Gasteiger partial charge in [0.15, 0.2) is 0 Å². The van der Waals surface area contributed by atoms with Crippen molar-refractivity contribution in [2.75, 3.05) is 31.1 Å². The minimum Gasteiger partial charge on any atom is -0.352 e. The number of nitrogens with one attached hydrogen (secondary N) is 1. The number of hydrogen-bond donors (Lipinski definition) is 1. The molecule has 1 aromatic carbocycles. The molecule has 2 aliphatic rings. The lowest BCUT2D eigenvalue weighted by Gasteiger charge is -2.34. The zero-order valence-corrected chi connectivity index (χ0v) is 18.4. The molecular formula is C24H31N5O2. The highest BCUT2D eigenvalue weighted by Gasteiger charge is 2.28. The van der Waals surface area contributed by atoms with E-state index in [0.717, 1.165) is 56.1 Å². The Morgan fingerprint density at radius 1 is 1.10 bits per heavy atom. The summed E-state index contributed by atoms with van der Waals surface area (Å²) in [6.45, 7) is 6.82. The van der Waals surface area contributed by atoms with Gasteiger partial charge in [-0.25, -0.2) is 9.97 Å². The number of likely N-dealkylation sites (tertiary alicyclic amines) is 1. The number of benzene rings is 1. The molecule has 0 saturated carbocycles. The molecule has 2 aromatic rings. The zero-order chi connectivity index (χ0) is 21.8. The molecule has 1 N–H and O–H groups in total. The van der Waals surface area contributed by atoms with E-state index in [4.69, 9.17) is 9.97 Å². The Balaban J connectivity index is 1.47. The van der Waals surface area contributed by atoms with E-state index in [1.165, 1.54) is 18.1 Å². The van der Waals surface area contributed by atoms with Crippen molar-refractivity contribution in [2.24, 2.45) is 0 Å². The Kier molecular flexibility index (Phi) is 6.49. The Labute approximate surface area is 183 Å². The maximum atomic E-state index is 12.3. The average molecular weight is 422 g/mol. The smallest absolute Gasteiger partial charge is 0.241 e. The van der Waals surface area contributed by atoms with Crippen molar-refractivity contribution in [3.05, 3.63) is 53.0 Å². The Hall–Kier alpha value is -2.96. The van der Waals surface area contributed by atoms with Gasteiger partial charge in [-0.1, -0.05) is 30.3 Å². The van der Waals surface area contributed by atoms with Crippen LogP contribution in [0.2, 0.25) is 0 Å². The number of anilines is 1. The molecule has 31 heavy (non-hydrogen) atoms. The van der Waals surface area contributed by atoms with Crippen molar-refractivity contribution in [2.45, 2.75) is 52.0 Å². The van der Waals surface area contributed by atoms with Crippen LogP contribution in [-0.4, -0.2) is 52.9 Å². The first kappa shape index (κ1) is 21.3. The summed E-state index contributed by atoms with van der Waals surface area (Å²) in [5, 5.41) is 2.59. The molecule has 1 saturated heterocycles. The summed E-state index contributed by atoms with van der Waals surface area (Å²) in [5.74, 6) is 2.05. The number of aromatic nitrogens is 2. The van der Waals surface area contributed by atoms with E-state index in [2.05, 4.69) is 41.4 Å². The molecule has 3 heterocycles. The van der Waals surface area contributed by atoms with Gasteiger partial charge in [-0.15, -0.1) is 0 Å². The molecule has 7 heteroatoms. The van der Waals surface area contributed by atoms with Crippen molar-refractivity contribution in [1.29, 1.82) is 0 Å². The lowest BCUT2D eigenvalue weighted by Crippen LogP contribution is -2.43. The number of nitrogens with zero attached hydrogens (tertiary/aromatic N) is 4. The SMILES string of the molecule is CC(=O)NCC(=O)N1CCC(c2nc(C)c3c(n2)N(Cc2ccccc2)CCC3)CC1. The highest BCUT2D eigenvalue weighted by atomic mass is 16.2. The molecular weight excluding hydrogens is 390 g/mol. The molecule has 0 unspecified atom stereocenters. The first-order valence-corrected chi connectivity index (χ1v) is 11.2. The van der Waals surface area contributed by atoms with Crippen LogP contribution in [0.15, 0.2) is 30.3 Å². The first-order valence-electron chi connectivity index (χ1n) is 11.2. The van der Waals surface area contributed by atoms with E-state index in [9.17, 15) is 9.59 Å². The molecule has 0 atom stereocenters. The van der Waals surface area contributed by atoms with Crippen molar-refractivity contribution in [3.8, 4) is 0 Å². The molecule has 1 fully saturated rings. The topological polar surface area (TPSA) is 78.4 Å². The maximum Gasteiger partial charge on any atom is 0.241 e. The zero-order valence-electron chi connectivity index (χ0n) is 18.4.